The minimum atomic E-state index is 0.483. The van der Waals surface area contributed by atoms with Gasteiger partial charge in [0.25, 0.3) is 0 Å². The molecule has 1 aromatic rings. The number of rotatable bonds is 6. The maximum atomic E-state index is 5.70. The first-order chi connectivity index (χ1) is 8.58. The summed E-state index contributed by atoms with van der Waals surface area (Å²) >= 11 is 0. The molecule has 1 aromatic carbocycles. The van der Waals surface area contributed by atoms with Crippen molar-refractivity contribution in [2.75, 3.05) is 19.7 Å². The molecule has 3 N–H and O–H groups in total. The quantitative estimate of drug-likeness (QED) is 0.460. The fourth-order valence-electron chi connectivity index (χ4n) is 1.32. The summed E-state index contributed by atoms with van der Waals surface area (Å²) in [5.74, 6) is 1.88. The second kappa shape index (κ2) is 7.58. The monoisotopic (exact) mass is 249 g/mol. The fraction of sp³-hybridized carbons (Fsp3) is 0.500. The zero-order valence-corrected chi connectivity index (χ0v) is 11.4. The van der Waals surface area contributed by atoms with Crippen molar-refractivity contribution in [1.29, 1.82) is 0 Å². The van der Waals surface area contributed by atoms with Crippen molar-refractivity contribution in [3.05, 3.63) is 29.8 Å². The maximum absolute atomic E-state index is 5.70. The van der Waals surface area contributed by atoms with Gasteiger partial charge in [-0.25, -0.2) is 0 Å². The molecule has 0 aromatic heterocycles. The van der Waals surface area contributed by atoms with Crippen LogP contribution in [0, 0.1) is 12.8 Å². The van der Waals surface area contributed by atoms with E-state index in [0.29, 0.717) is 25.0 Å². The van der Waals surface area contributed by atoms with E-state index in [0.717, 1.165) is 12.3 Å². The van der Waals surface area contributed by atoms with Gasteiger partial charge in [-0.1, -0.05) is 31.5 Å². The van der Waals surface area contributed by atoms with E-state index in [-0.39, 0.29) is 0 Å². The summed E-state index contributed by atoms with van der Waals surface area (Å²) in [4.78, 5) is 4.21. The van der Waals surface area contributed by atoms with E-state index in [4.69, 9.17) is 10.5 Å². The van der Waals surface area contributed by atoms with Crippen molar-refractivity contribution in [3.63, 3.8) is 0 Å². The summed E-state index contributed by atoms with van der Waals surface area (Å²) < 4.78 is 5.56. The van der Waals surface area contributed by atoms with Crippen molar-refractivity contribution in [1.82, 2.24) is 5.32 Å². The topological polar surface area (TPSA) is 59.6 Å². The molecule has 0 amide bonds. The molecule has 0 radical (unpaired) electrons. The highest BCUT2D eigenvalue weighted by atomic mass is 16.5. The van der Waals surface area contributed by atoms with Crippen LogP contribution in [0.15, 0.2) is 29.3 Å². The van der Waals surface area contributed by atoms with Gasteiger partial charge in [-0.15, -0.1) is 0 Å². The highest BCUT2D eigenvalue weighted by molar-refractivity contribution is 5.77. The molecule has 0 spiro atoms. The largest absolute Gasteiger partial charge is 0.492 e. The summed E-state index contributed by atoms with van der Waals surface area (Å²) in [5, 5.41) is 3.02. The molecule has 0 aliphatic heterocycles. The van der Waals surface area contributed by atoms with Crippen LogP contribution in [0.1, 0.15) is 19.4 Å². The molecule has 0 fully saturated rings. The lowest BCUT2D eigenvalue weighted by atomic mass is 10.2. The molecular weight excluding hydrogens is 226 g/mol. The number of aliphatic imine (C=N–C) groups is 1. The van der Waals surface area contributed by atoms with Gasteiger partial charge in [0.15, 0.2) is 5.96 Å². The lowest BCUT2D eigenvalue weighted by molar-refractivity contribution is 0.322. The molecule has 100 valence electrons. The summed E-state index contributed by atoms with van der Waals surface area (Å²) in [6, 6.07) is 7.99. The van der Waals surface area contributed by atoms with E-state index in [1.165, 1.54) is 5.56 Å². The van der Waals surface area contributed by atoms with Crippen LogP contribution >= 0.6 is 0 Å². The first-order valence-electron chi connectivity index (χ1n) is 6.31. The Bertz CT molecular complexity index is 371. The third-order valence-corrected chi connectivity index (χ3v) is 2.32. The van der Waals surface area contributed by atoms with Gasteiger partial charge in [0.05, 0.1) is 6.54 Å². The number of ether oxygens (including phenoxy) is 1. The standard InChI is InChI=1S/C14H23N3O/c1-11(2)10-17-14(15)16-8-9-18-13-6-4-12(3)5-7-13/h4-7,11H,8-10H2,1-3H3,(H3,15,16,17). The van der Waals surface area contributed by atoms with Crippen LogP contribution in [-0.4, -0.2) is 25.7 Å². The normalized spacial score (nSPS) is 11.7. The predicted octanol–water partition coefficient (Wildman–Crippen LogP) is 1.93. The molecule has 0 heterocycles. The predicted molar refractivity (Wildman–Crippen MR) is 76.0 cm³/mol. The summed E-state index contributed by atoms with van der Waals surface area (Å²) in [6.45, 7) is 8.24. The van der Waals surface area contributed by atoms with E-state index in [1.54, 1.807) is 0 Å². The number of nitrogens with zero attached hydrogens (tertiary/aromatic N) is 1. The Kier molecular flexibility index (Phi) is 6.05. The van der Waals surface area contributed by atoms with E-state index in [9.17, 15) is 0 Å². The Hall–Kier alpha value is -1.71. The minimum absolute atomic E-state index is 0.483. The number of hydrogen-bond acceptors (Lipinski definition) is 2. The van der Waals surface area contributed by atoms with Crippen LogP contribution < -0.4 is 15.8 Å². The van der Waals surface area contributed by atoms with Gasteiger partial charge >= 0.3 is 0 Å². The SMILES string of the molecule is Cc1ccc(OCCNC(N)=NCC(C)C)cc1. The van der Waals surface area contributed by atoms with Crippen molar-refractivity contribution in [3.8, 4) is 5.75 Å². The summed E-state index contributed by atoms with van der Waals surface area (Å²) in [5.41, 5.74) is 6.93. The molecule has 0 saturated heterocycles. The van der Waals surface area contributed by atoms with E-state index < -0.39 is 0 Å². The molecule has 4 nitrogen and oxygen atoms in total. The van der Waals surface area contributed by atoms with Gasteiger partial charge in [-0.2, -0.15) is 0 Å². The zero-order valence-electron chi connectivity index (χ0n) is 11.4. The zero-order chi connectivity index (χ0) is 13.4. The third-order valence-electron chi connectivity index (χ3n) is 2.32. The smallest absolute Gasteiger partial charge is 0.188 e. The number of hydrogen-bond donors (Lipinski definition) is 2. The van der Waals surface area contributed by atoms with Gasteiger partial charge in [-0.3, -0.25) is 4.99 Å². The van der Waals surface area contributed by atoms with Gasteiger partial charge in [0.1, 0.15) is 12.4 Å². The molecule has 18 heavy (non-hydrogen) atoms. The molecule has 1 rings (SSSR count). The number of aryl methyl sites for hydroxylation is 1. The lowest BCUT2D eigenvalue weighted by Gasteiger charge is -2.08. The van der Waals surface area contributed by atoms with Crippen molar-refractivity contribution in [2.45, 2.75) is 20.8 Å². The Morgan fingerprint density at radius 3 is 2.61 bits per heavy atom. The first-order valence-corrected chi connectivity index (χ1v) is 6.31. The number of nitrogens with two attached hydrogens (primary N) is 1. The average Bonchev–Trinajstić information content (AvgIpc) is 2.34. The maximum Gasteiger partial charge on any atom is 0.188 e. The summed E-state index contributed by atoms with van der Waals surface area (Å²) in [6.07, 6.45) is 0. The molecule has 0 bridgehead atoms. The minimum Gasteiger partial charge on any atom is -0.492 e. The van der Waals surface area contributed by atoms with Crippen LogP contribution in [0.3, 0.4) is 0 Å². The molecule has 0 unspecified atom stereocenters. The fourth-order valence-corrected chi connectivity index (χ4v) is 1.32. The second-order valence-electron chi connectivity index (χ2n) is 4.71. The van der Waals surface area contributed by atoms with Crippen molar-refractivity contribution in [2.24, 2.45) is 16.6 Å². The van der Waals surface area contributed by atoms with E-state index in [2.05, 4.69) is 31.1 Å². The first kappa shape index (κ1) is 14.4. The molecular formula is C14H23N3O. The van der Waals surface area contributed by atoms with Gasteiger partial charge in [0, 0.05) is 6.54 Å². The third kappa shape index (κ3) is 6.13. The van der Waals surface area contributed by atoms with Gasteiger partial charge in [-0.05, 0) is 25.0 Å². The molecule has 0 aliphatic carbocycles. The van der Waals surface area contributed by atoms with Crippen LogP contribution in [0.2, 0.25) is 0 Å². The molecule has 0 saturated carbocycles. The molecule has 0 atom stereocenters. The van der Waals surface area contributed by atoms with E-state index in [1.807, 2.05) is 24.3 Å². The Labute approximate surface area is 109 Å². The van der Waals surface area contributed by atoms with Gasteiger partial charge in [0.2, 0.25) is 0 Å². The number of guanidine groups is 1. The lowest BCUT2D eigenvalue weighted by Crippen LogP contribution is -2.35. The number of benzene rings is 1. The van der Waals surface area contributed by atoms with Crippen molar-refractivity contribution < 1.29 is 4.74 Å². The Morgan fingerprint density at radius 2 is 2.00 bits per heavy atom. The van der Waals surface area contributed by atoms with Gasteiger partial charge < -0.3 is 15.8 Å². The highest BCUT2D eigenvalue weighted by Gasteiger charge is 1.95. The second-order valence-corrected chi connectivity index (χ2v) is 4.71. The van der Waals surface area contributed by atoms with Crippen LogP contribution in [-0.2, 0) is 0 Å². The highest BCUT2D eigenvalue weighted by Crippen LogP contribution is 2.10. The molecule has 0 aliphatic rings. The molecule has 4 heteroatoms. The number of nitrogens with one attached hydrogen (secondary N) is 1. The van der Waals surface area contributed by atoms with Crippen LogP contribution in [0.5, 0.6) is 5.75 Å². The average molecular weight is 249 g/mol. The Morgan fingerprint density at radius 1 is 1.33 bits per heavy atom. The van der Waals surface area contributed by atoms with E-state index >= 15 is 0 Å². The van der Waals surface area contributed by atoms with Crippen molar-refractivity contribution >= 4 is 5.96 Å². The Balaban J connectivity index is 2.18. The van der Waals surface area contributed by atoms with Crippen LogP contribution in [0.25, 0.3) is 0 Å². The summed E-state index contributed by atoms with van der Waals surface area (Å²) in [7, 11) is 0. The van der Waals surface area contributed by atoms with Crippen LogP contribution in [0.4, 0.5) is 0 Å².